The highest BCUT2D eigenvalue weighted by atomic mass is 35.5. The van der Waals surface area contributed by atoms with Crippen molar-refractivity contribution in [2.75, 3.05) is 6.54 Å². The maximum Gasteiger partial charge on any atom is 0.254 e. The van der Waals surface area contributed by atoms with Gasteiger partial charge in [-0.3, -0.25) is 9.59 Å². The predicted octanol–water partition coefficient (Wildman–Crippen LogP) is 3.39. The summed E-state index contributed by atoms with van der Waals surface area (Å²) in [6.07, 6.45) is 0. The number of nitrogens with one attached hydrogen (secondary N) is 1. The first kappa shape index (κ1) is 16.3. The van der Waals surface area contributed by atoms with Crippen LogP contribution in [0.3, 0.4) is 0 Å². The van der Waals surface area contributed by atoms with E-state index in [0.717, 1.165) is 10.9 Å². The molecule has 0 atom stereocenters. The highest BCUT2D eigenvalue weighted by molar-refractivity contribution is 6.33. The maximum atomic E-state index is 12.4. The Labute approximate surface area is 144 Å². The number of carbonyl (C=O) groups excluding carboxylic acids is 1. The number of aryl methyl sites for hydroxylation is 1. The van der Waals surface area contributed by atoms with Crippen LogP contribution in [0.5, 0.6) is 0 Å². The number of aromatic nitrogens is 1. The lowest BCUT2D eigenvalue weighted by molar-refractivity contribution is 0.0952. The Morgan fingerprint density at radius 3 is 2.62 bits per heavy atom. The van der Waals surface area contributed by atoms with Gasteiger partial charge >= 0.3 is 0 Å². The Bertz CT molecular complexity index is 963. The number of hydrogen-bond acceptors (Lipinski definition) is 2. The summed E-state index contributed by atoms with van der Waals surface area (Å²) in [5.41, 5.74) is 1.94. The molecule has 0 aliphatic carbocycles. The van der Waals surface area contributed by atoms with Crippen LogP contribution in [0.25, 0.3) is 10.9 Å². The summed E-state index contributed by atoms with van der Waals surface area (Å²) in [6, 6.07) is 16.5. The second-order valence-corrected chi connectivity index (χ2v) is 5.99. The van der Waals surface area contributed by atoms with Crippen LogP contribution in [-0.2, 0) is 6.54 Å². The van der Waals surface area contributed by atoms with E-state index in [0.29, 0.717) is 29.2 Å². The zero-order valence-electron chi connectivity index (χ0n) is 13.3. The zero-order valence-corrected chi connectivity index (χ0v) is 14.0. The van der Waals surface area contributed by atoms with E-state index in [-0.39, 0.29) is 11.5 Å². The van der Waals surface area contributed by atoms with Gasteiger partial charge in [0.05, 0.1) is 16.1 Å². The second kappa shape index (κ2) is 6.89. The number of halogens is 1. The summed E-state index contributed by atoms with van der Waals surface area (Å²) in [6.45, 7) is 2.54. The van der Waals surface area contributed by atoms with Crippen molar-refractivity contribution in [3.63, 3.8) is 0 Å². The molecule has 0 aliphatic rings. The maximum absolute atomic E-state index is 12.4. The molecule has 3 aromatic rings. The van der Waals surface area contributed by atoms with Crippen molar-refractivity contribution < 1.29 is 4.79 Å². The van der Waals surface area contributed by atoms with Crippen molar-refractivity contribution in [1.29, 1.82) is 0 Å². The van der Waals surface area contributed by atoms with Crippen molar-refractivity contribution >= 4 is 28.4 Å². The molecule has 0 radical (unpaired) electrons. The number of para-hydroxylation sites is 1. The van der Waals surface area contributed by atoms with Crippen LogP contribution in [0.15, 0.2) is 59.4 Å². The molecule has 4 nitrogen and oxygen atoms in total. The van der Waals surface area contributed by atoms with E-state index in [9.17, 15) is 9.59 Å². The molecule has 0 bridgehead atoms. The van der Waals surface area contributed by atoms with Gasteiger partial charge in [-0.2, -0.15) is 0 Å². The van der Waals surface area contributed by atoms with Gasteiger partial charge in [0, 0.05) is 18.7 Å². The molecule has 1 aromatic heterocycles. The first-order chi connectivity index (χ1) is 11.6. The fourth-order valence-corrected chi connectivity index (χ4v) is 2.94. The molecular weight excluding hydrogens is 324 g/mol. The highest BCUT2D eigenvalue weighted by Crippen LogP contribution is 2.15. The molecule has 0 spiro atoms. The fourth-order valence-electron chi connectivity index (χ4n) is 2.72. The SMILES string of the molecule is Cc1cc2ccccc2n(CCNC(=O)c2ccccc2Cl)c1=O. The monoisotopic (exact) mass is 340 g/mol. The van der Waals surface area contributed by atoms with Crippen molar-refractivity contribution in [2.45, 2.75) is 13.5 Å². The Kier molecular flexibility index (Phi) is 4.67. The fraction of sp³-hybridized carbons (Fsp3) is 0.158. The third-order valence-electron chi connectivity index (χ3n) is 3.92. The number of nitrogens with zero attached hydrogens (tertiary/aromatic N) is 1. The Hall–Kier alpha value is -2.59. The number of pyridine rings is 1. The van der Waals surface area contributed by atoms with E-state index in [1.54, 1.807) is 35.8 Å². The van der Waals surface area contributed by atoms with Crippen LogP contribution >= 0.6 is 11.6 Å². The van der Waals surface area contributed by atoms with Crippen LogP contribution in [0.1, 0.15) is 15.9 Å². The third kappa shape index (κ3) is 3.19. The zero-order chi connectivity index (χ0) is 17.1. The Morgan fingerprint density at radius 2 is 1.83 bits per heavy atom. The summed E-state index contributed by atoms with van der Waals surface area (Å²) in [4.78, 5) is 24.6. The summed E-state index contributed by atoms with van der Waals surface area (Å²) >= 11 is 6.02. The summed E-state index contributed by atoms with van der Waals surface area (Å²) < 4.78 is 1.69. The molecule has 1 heterocycles. The van der Waals surface area contributed by atoms with Gasteiger partial charge < -0.3 is 9.88 Å². The summed E-state index contributed by atoms with van der Waals surface area (Å²) in [7, 11) is 0. The topological polar surface area (TPSA) is 51.1 Å². The molecule has 122 valence electrons. The molecular formula is C19H17ClN2O2. The lowest BCUT2D eigenvalue weighted by atomic mass is 10.1. The lowest BCUT2D eigenvalue weighted by Crippen LogP contribution is -2.31. The summed E-state index contributed by atoms with van der Waals surface area (Å²) in [5, 5.41) is 4.23. The molecule has 0 saturated carbocycles. The molecule has 2 aromatic carbocycles. The molecule has 24 heavy (non-hydrogen) atoms. The van der Waals surface area contributed by atoms with Crippen LogP contribution in [0, 0.1) is 6.92 Å². The number of fused-ring (bicyclic) bond motifs is 1. The number of benzene rings is 2. The number of amides is 1. The molecule has 5 heteroatoms. The van der Waals surface area contributed by atoms with E-state index >= 15 is 0 Å². The van der Waals surface area contributed by atoms with Gasteiger partial charge in [-0.15, -0.1) is 0 Å². The van der Waals surface area contributed by atoms with Crippen molar-refractivity contribution in [3.05, 3.63) is 81.1 Å². The van der Waals surface area contributed by atoms with Gasteiger partial charge in [0.25, 0.3) is 11.5 Å². The smallest absolute Gasteiger partial charge is 0.254 e. The van der Waals surface area contributed by atoms with Gasteiger partial charge in [0.2, 0.25) is 0 Å². The Balaban J connectivity index is 1.79. The van der Waals surface area contributed by atoms with E-state index in [1.807, 2.05) is 30.3 Å². The normalized spacial score (nSPS) is 10.8. The van der Waals surface area contributed by atoms with E-state index in [1.165, 1.54) is 0 Å². The first-order valence-electron chi connectivity index (χ1n) is 7.70. The van der Waals surface area contributed by atoms with E-state index in [4.69, 9.17) is 11.6 Å². The van der Waals surface area contributed by atoms with Gasteiger partial charge in [-0.05, 0) is 36.6 Å². The lowest BCUT2D eigenvalue weighted by Gasteiger charge is -2.12. The van der Waals surface area contributed by atoms with Crippen LogP contribution < -0.4 is 10.9 Å². The number of hydrogen-bond donors (Lipinski definition) is 1. The molecule has 1 N–H and O–H groups in total. The van der Waals surface area contributed by atoms with Gasteiger partial charge in [0.1, 0.15) is 0 Å². The molecule has 1 amide bonds. The van der Waals surface area contributed by atoms with E-state index < -0.39 is 0 Å². The number of rotatable bonds is 4. The summed E-state index contributed by atoms with van der Waals surface area (Å²) in [5.74, 6) is -0.245. The van der Waals surface area contributed by atoms with Gasteiger partial charge in [-0.1, -0.05) is 41.9 Å². The van der Waals surface area contributed by atoms with Crippen molar-refractivity contribution in [3.8, 4) is 0 Å². The minimum Gasteiger partial charge on any atom is -0.350 e. The van der Waals surface area contributed by atoms with Crippen LogP contribution in [0.4, 0.5) is 0 Å². The average Bonchev–Trinajstić information content (AvgIpc) is 2.58. The van der Waals surface area contributed by atoms with E-state index in [2.05, 4.69) is 5.32 Å². The minimum absolute atomic E-state index is 0.0410. The number of carbonyl (C=O) groups is 1. The average molecular weight is 341 g/mol. The Morgan fingerprint density at radius 1 is 1.12 bits per heavy atom. The molecule has 0 aliphatic heterocycles. The molecule has 0 saturated heterocycles. The minimum atomic E-state index is -0.245. The first-order valence-corrected chi connectivity index (χ1v) is 8.07. The quantitative estimate of drug-likeness (QED) is 0.791. The molecule has 0 fully saturated rings. The highest BCUT2D eigenvalue weighted by Gasteiger charge is 2.10. The van der Waals surface area contributed by atoms with Crippen molar-refractivity contribution in [2.24, 2.45) is 0 Å². The standard InChI is InChI=1S/C19H17ClN2O2/c1-13-12-14-6-2-5-9-17(14)22(19(13)24)11-10-21-18(23)15-7-3-4-8-16(15)20/h2-9,12H,10-11H2,1H3,(H,21,23). The van der Waals surface area contributed by atoms with Gasteiger partial charge in [0.15, 0.2) is 0 Å². The second-order valence-electron chi connectivity index (χ2n) is 5.58. The van der Waals surface area contributed by atoms with Crippen LogP contribution in [0.2, 0.25) is 5.02 Å². The largest absolute Gasteiger partial charge is 0.350 e. The third-order valence-corrected chi connectivity index (χ3v) is 4.25. The van der Waals surface area contributed by atoms with Crippen LogP contribution in [-0.4, -0.2) is 17.0 Å². The molecule has 3 rings (SSSR count). The van der Waals surface area contributed by atoms with Crippen molar-refractivity contribution in [1.82, 2.24) is 9.88 Å². The van der Waals surface area contributed by atoms with Gasteiger partial charge in [-0.25, -0.2) is 0 Å². The molecule has 0 unspecified atom stereocenters. The predicted molar refractivity (Wildman–Crippen MR) is 96.7 cm³/mol.